The summed E-state index contributed by atoms with van der Waals surface area (Å²) < 4.78 is 60.9. The zero-order chi connectivity index (χ0) is 20.0. The van der Waals surface area contributed by atoms with E-state index in [1.807, 2.05) is 0 Å². The molecule has 0 bridgehead atoms. The van der Waals surface area contributed by atoms with Gasteiger partial charge >= 0.3 is 6.18 Å². The Morgan fingerprint density at radius 3 is 2.41 bits per heavy atom. The van der Waals surface area contributed by atoms with Crippen LogP contribution >= 0.6 is 0 Å². The number of benzene rings is 2. The second kappa shape index (κ2) is 8.72. The zero-order valence-electron chi connectivity index (χ0n) is 14.2. The molecule has 146 valence electrons. The molecule has 0 radical (unpaired) electrons. The van der Waals surface area contributed by atoms with Crippen molar-refractivity contribution in [3.8, 4) is 11.5 Å². The summed E-state index contributed by atoms with van der Waals surface area (Å²) >= 11 is 0. The lowest BCUT2D eigenvalue weighted by atomic mass is 10.2. The highest BCUT2D eigenvalue weighted by Crippen LogP contribution is 2.30. The number of carbonyl (C=O) groups is 1. The number of hydrogen-bond donors (Lipinski definition) is 2. The maximum Gasteiger partial charge on any atom is 0.416 e. The number of rotatable bonds is 7. The first kappa shape index (κ1) is 20.5. The topological polar surface area (TPSA) is 67.8 Å². The molecule has 0 fully saturated rings. The molecule has 5 nitrogen and oxygen atoms in total. The summed E-state index contributed by atoms with van der Waals surface area (Å²) in [5.41, 5.74) is -0.765. The van der Waals surface area contributed by atoms with E-state index in [0.29, 0.717) is 0 Å². The van der Waals surface area contributed by atoms with Gasteiger partial charge in [-0.05, 0) is 42.5 Å². The summed E-state index contributed by atoms with van der Waals surface area (Å²) in [5.74, 6) is -1.16. The normalized spacial score (nSPS) is 12.4. The van der Waals surface area contributed by atoms with Gasteiger partial charge in [-0.2, -0.15) is 13.2 Å². The molecule has 0 aliphatic heterocycles. The Morgan fingerprint density at radius 1 is 1.19 bits per heavy atom. The lowest BCUT2D eigenvalue weighted by Crippen LogP contribution is -2.35. The molecule has 2 aromatic carbocycles. The molecule has 2 N–H and O–H groups in total. The molecule has 0 saturated heterocycles. The molecular formula is C18H17F4NO4. The largest absolute Gasteiger partial charge is 0.494 e. The van der Waals surface area contributed by atoms with E-state index >= 15 is 0 Å². The van der Waals surface area contributed by atoms with Crippen molar-refractivity contribution in [1.82, 2.24) is 5.32 Å². The number of aliphatic hydroxyl groups is 1. The fourth-order valence-electron chi connectivity index (χ4n) is 2.11. The van der Waals surface area contributed by atoms with E-state index in [-0.39, 0.29) is 30.2 Å². The first-order valence-electron chi connectivity index (χ1n) is 7.80. The molecule has 0 aromatic heterocycles. The Balaban J connectivity index is 1.81. The van der Waals surface area contributed by atoms with Gasteiger partial charge in [-0.1, -0.05) is 0 Å². The van der Waals surface area contributed by atoms with Crippen molar-refractivity contribution in [3.63, 3.8) is 0 Å². The maximum atomic E-state index is 13.6. The standard InChI is InChI=1S/C18H17F4NO4/c1-26-16-7-2-11(8-15(16)19)17(25)23-9-13(24)10-27-14-5-3-12(4-6-14)18(20,21)22/h2-8,13,24H,9-10H2,1H3,(H,23,25). The Bertz CT molecular complexity index is 778. The third-order valence-electron chi connectivity index (χ3n) is 3.54. The van der Waals surface area contributed by atoms with Crippen LogP contribution in [0, 0.1) is 5.82 Å². The minimum atomic E-state index is -4.44. The van der Waals surface area contributed by atoms with Crippen LogP contribution in [0.2, 0.25) is 0 Å². The minimum Gasteiger partial charge on any atom is -0.494 e. The van der Waals surface area contributed by atoms with Gasteiger partial charge in [0.1, 0.15) is 18.5 Å². The van der Waals surface area contributed by atoms with Crippen LogP contribution < -0.4 is 14.8 Å². The van der Waals surface area contributed by atoms with Crippen molar-refractivity contribution in [2.75, 3.05) is 20.3 Å². The maximum absolute atomic E-state index is 13.6. The third-order valence-corrected chi connectivity index (χ3v) is 3.54. The van der Waals surface area contributed by atoms with Crippen LogP contribution in [0.1, 0.15) is 15.9 Å². The van der Waals surface area contributed by atoms with Crippen molar-refractivity contribution in [1.29, 1.82) is 0 Å². The number of methoxy groups -OCH3 is 1. The van der Waals surface area contributed by atoms with Crippen molar-refractivity contribution in [3.05, 3.63) is 59.4 Å². The predicted molar refractivity (Wildman–Crippen MR) is 88.2 cm³/mol. The summed E-state index contributed by atoms with van der Waals surface area (Å²) in [5, 5.41) is 12.2. The minimum absolute atomic E-state index is 0.00322. The number of aliphatic hydroxyl groups excluding tert-OH is 1. The number of amides is 1. The Hall–Kier alpha value is -2.81. The number of alkyl halides is 3. The van der Waals surface area contributed by atoms with Crippen LogP contribution in [-0.2, 0) is 6.18 Å². The molecule has 0 aliphatic rings. The molecule has 1 amide bonds. The lowest BCUT2D eigenvalue weighted by Gasteiger charge is -2.14. The number of ether oxygens (including phenoxy) is 2. The number of nitrogens with one attached hydrogen (secondary N) is 1. The SMILES string of the molecule is COc1ccc(C(=O)NCC(O)COc2ccc(C(F)(F)F)cc2)cc1F. The van der Waals surface area contributed by atoms with E-state index in [0.717, 1.165) is 30.3 Å². The quantitative estimate of drug-likeness (QED) is 0.717. The van der Waals surface area contributed by atoms with E-state index in [1.54, 1.807) is 0 Å². The third kappa shape index (κ3) is 5.85. The van der Waals surface area contributed by atoms with Gasteiger partial charge in [0.05, 0.1) is 12.7 Å². The second-order valence-corrected chi connectivity index (χ2v) is 5.55. The highest BCUT2D eigenvalue weighted by Gasteiger charge is 2.30. The van der Waals surface area contributed by atoms with Gasteiger partial charge < -0.3 is 19.9 Å². The average molecular weight is 387 g/mol. The molecule has 27 heavy (non-hydrogen) atoms. The molecule has 0 heterocycles. The zero-order valence-corrected chi connectivity index (χ0v) is 14.2. The molecule has 9 heteroatoms. The van der Waals surface area contributed by atoms with Crippen LogP contribution in [0.4, 0.5) is 17.6 Å². The van der Waals surface area contributed by atoms with Gasteiger partial charge in [0.2, 0.25) is 0 Å². The lowest BCUT2D eigenvalue weighted by molar-refractivity contribution is -0.137. The number of halogens is 4. The van der Waals surface area contributed by atoms with Crippen LogP contribution in [0.3, 0.4) is 0 Å². The number of hydrogen-bond acceptors (Lipinski definition) is 4. The molecule has 0 aliphatic carbocycles. The van der Waals surface area contributed by atoms with Crippen LogP contribution in [-0.4, -0.2) is 37.4 Å². The van der Waals surface area contributed by atoms with E-state index in [4.69, 9.17) is 9.47 Å². The van der Waals surface area contributed by atoms with Crippen LogP contribution in [0.25, 0.3) is 0 Å². The molecule has 0 spiro atoms. The van der Waals surface area contributed by atoms with E-state index in [1.165, 1.54) is 19.2 Å². The van der Waals surface area contributed by atoms with Gasteiger partial charge in [-0.15, -0.1) is 0 Å². The summed E-state index contributed by atoms with van der Waals surface area (Å²) in [7, 11) is 1.30. The molecule has 1 unspecified atom stereocenters. The van der Waals surface area contributed by atoms with Gasteiger partial charge in [0, 0.05) is 12.1 Å². The van der Waals surface area contributed by atoms with Gasteiger partial charge in [-0.25, -0.2) is 4.39 Å². The Kier molecular flexibility index (Phi) is 6.62. The highest BCUT2D eigenvalue weighted by molar-refractivity contribution is 5.94. The molecule has 2 aromatic rings. The molecule has 0 saturated carbocycles. The van der Waals surface area contributed by atoms with Crippen LogP contribution in [0.15, 0.2) is 42.5 Å². The van der Waals surface area contributed by atoms with E-state index in [9.17, 15) is 27.5 Å². The van der Waals surface area contributed by atoms with E-state index < -0.39 is 29.6 Å². The van der Waals surface area contributed by atoms with Crippen molar-refractivity contribution >= 4 is 5.91 Å². The molecule has 1 atom stereocenters. The summed E-state index contributed by atoms with van der Waals surface area (Å²) in [4.78, 5) is 11.9. The fourth-order valence-corrected chi connectivity index (χ4v) is 2.11. The van der Waals surface area contributed by atoms with Gasteiger partial charge in [0.25, 0.3) is 5.91 Å². The summed E-state index contributed by atoms with van der Waals surface area (Å²) in [6, 6.07) is 7.65. The summed E-state index contributed by atoms with van der Waals surface area (Å²) in [6.45, 7) is -0.435. The fraction of sp³-hybridized carbons (Fsp3) is 0.278. The highest BCUT2D eigenvalue weighted by atomic mass is 19.4. The van der Waals surface area contributed by atoms with Crippen LogP contribution in [0.5, 0.6) is 11.5 Å². The predicted octanol–water partition coefficient (Wildman–Crippen LogP) is 3.02. The Morgan fingerprint density at radius 2 is 1.85 bits per heavy atom. The van der Waals surface area contributed by atoms with Gasteiger partial charge in [-0.3, -0.25) is 4.79 Å². The first-order valence-corrected chi connectivity index (χ1v) is 7.80. The second-order valence-electron chi connectivity index (χ2n) is 5.55. The Labute approximate surface area is 152 Å². The van der Waals surface area contributed by atoms with Crippen molar-refractivity contribution in [2.45, 2.75) is 12.3 Å². The monoisotopic (exact) mass is 387 g/mol. The molecule has 2 rings (SSSR count). The summed E-state index contributed by atoms with van der Waals surface area (Å²) in [6.07, 6.45) is -5.55. The van der Waals surface area contributed by atoms with E-state index in [2.05, 4.69) is 5.32 Å². The number of carbonyl (C=O) groups excluding carboxylic acids is 1. The average Bonchev–Trinajstić information content (AvgIpc) is 2.64. The van der Waals surface area contributed by atoms with Crippen molar-refractivity contribution < 1.29 is 36.9 Å². The first-order chi connectivity index (χ1) is 12.7. The van der Waals surface area contributed by atoms with Crippen molar-refractivity contribution in [2.24, 2.45) is 0 Å². The molecular weight excluding hydrogens is 370 g/mol. The van der Waals surface area contributed by atoms with Gasteiger partial charge in [0.15, 0.2) is 11.6 Å². The smallest absolute Gasteiger partial charge is 0.416 e.